The van der Waals surface area contributed by atoms with Gasteiger partial charge in [-0.05, 0) is 17.7 Å². The molecule has 1 rings (SSSR count). The second-order valence-electron chi connectivity index (χ2n) is 4.49. The summed E-state index contributed by atoms with van der Waals surface area (Å²) in [6.45, 7) is 0.151. The van der Waals surface area contributed by atoms with E-state index in [1.165, 1.54) is 7.05 Å². The highest BCUT2D eigenvalue weighted by Gasteiger charge is 2.26. The van der Waals surface area contributed by atoms with Gasteiger partial charge in [0.25, 0.3) is 5.91 Å². The average Bonchev–Trinajstić information content (AvgIpc) is 2.49. The van der Waals surface area contributed by atoms with Gasteiger partial charge in [0.1, 0.15) is 0 Å². The van der Waals surface area contributed by atoms with Crippen molar-refractivity contribution in [2.24, 2.45) is 4.99 Å². The van der Waals surface area contributed by atoms with E-state index in [0.29, 0.717) is 18.1 Å². The lowest BCUT2D eigenvalue weighted by Gasteiger charge is -2.13. The molecule has 0 aliphatic heterocycles. The number of hydrogen-bond acceptors (Lipinski definition) is 2. The number of nitrogens with zero attached hydrogens (tertiary/aromatic N) is 1. The Morgan fingerprint density at radius 2 is 1.78 bits per heavy atom. The van der Waals surface area contributed by atoms with Crippen LogP contribution in [0.1, 0.15) is 22.3 Å². The van der Waals surface area contributed by atoms with Crippen molar-refractivity contribution in [2.45, 2.75) is 19.1 Å². The van der Waals surface area contributed by atoms with E-state index in [1.54, 1.807) is 31.3 Å². The van der Waals surface area contributed by atoms with Gasteiger partial charge in [0.05, 0.1) is 6.42 Å². The Balaban J connectivity index is 0.00000484. The molecule has 5 nitrogen and oxygen atoms in total. The van der Waals surface area contributed by atoms with E-state index in [9.17, 15) is 18.0 Å². The van der Waals surface area contributed by atoms with Crippen LogP contribution in [0.2, 0.25) is 0 Å². The Bertz CT molecular complexity index is 518. The van der Waals surface area contributed by atoms with Gasteiger partial charge in [0.15, 0.2) is 5.96 Å². The summed E-state index contributed by atoms with van der Waals surface area (Å²) in [6, 6.07) is 6.88. The number of carbonyl (C=O) groups excluding carboxylic acids is 1. The van der Waals surface area contributed by atoms with Crippen LogP contribution in [0.5, 0.6) is 0 Å². The molecule has 23 heavy (non-hydrogen) atoms. The molecule has 0 saturated carbocycles. The van der Waals surface area contributed by atoms with Gasteiger partial charge in [-0.1, -0.05) is 12.1 Å². The van der Waals surface area contributed by atoms with Crippen molar-refractivity contribution in [3.05, 3.63) is 35.4 Å². The monoisotopic (exact) mass is 444 g/mol. The Hall–Kier alpha value is -1.52. The van der Waals surface area contributed by atoms with Crippen LogP contribution in [0.3, 0.4) is 0 Å². The maximum absolute atomic E-state index is 12.1. The van der Waals surface area contributed by atoms with E-state index < -0.39 is 12.6 Å². The normalized spacial score (nSPS) is 11.4. The Labute approximate surface area is 150 Å². The van der Waals surface area contributed by atoms with Crippen LogP contribution in [0, 0.1) is 0 Å². The standard InChI is InChI=1S/C14H19F3N4O.HI/c1-18-12(22)11-5-3-10(4-6-11)9-21-13(19-2)20-8-7-14(15,16)17;/h3-6H,7-9H2,1-2H3,(H,18,22)(H2,19,20,21);1H. The van der Waals surface area contributed by atoms with Crippen LogP contribution in [0.4, 0.5) is 13.2 Å². The van der Waals surface area contributed by atoms with Gasteiger partial charge < -0.3 is 16.0 Å². The van der Waals surface area contributed by atoms with Crippen LogP contribution in [0.15, 0.2) is 29.3 Å². The predicted molar refractivity (Wildman–Crippen MR) is 94.1 cm³/mol. The van der Waals surface area contributed by atoms with E-state index in [1.807, 2.05) is 0 Å². The molecule has 0 heterocycles. The maximum Gasteiger partial charge on any atom is 0.390 e. The van der Waals surface area contributed by atoms with Crippen molar-refractivity contribution in [2.75, 3.05) is 20.6 Å². The van der Waals surface area contributed by atoms with Gasteiger partial charge in [-0.3, -0.25) is 9.79 Å². The quantitative estimate of drug-likeness (QED) is 0.371. The summed E-state index contributed by atoms with van der Waals surface area (Å²) in [6.07, 6.45) is -5.12. The molecule has 9 heteroatoms. The Kier molecular flexibility index (Phi) is 9.61. The average molecular weight is 444 g/mol. The van der Waals surface area contributed by atoms with Crippen molar-refractivity contribution in [3.8, 4) is 0 Å². The minimum atomic E-state index is -4.19. The van der Waals surface area contributed by atoms with Gasteiger partial charge in [-0.25, -0.2) is 0 Å². The number of carbonyl (C=O) groups is 1. The van der Waals surface area contributed by atoms with Crippen LogP contribution in [0.25, 0.3) is 0 Å². The lowest BCUT2D eigenvalue weighted by atomic mass is 10.1. The molecule has 0 spiro atoms. The number of hydrogen-bond donors (Lipinski definition) is 3. The molecule has 0 saturated heterocycles. The number of amides is 1. The zero-order valence-electron chi connectivity index (χ0n) is 12.8. The van der Waals surface area contributed by atoms with Crippen molar-refractivity contribution < 1.29 is 18.0 Å². The molecule has 0 fully saturated rings. The lowest BCUT2D eigenvalue weighted by Crippen LogP contribution is -2.38. The van der Waals surface area contributed by atoms with E-state index in [2.05, 4.69) is 20.9 Å². The minimum Gasteiger partial charge on any atom is -0.356 e. The fourth-order valence-electron chi connectivity index (χ4n) is 1.65. The number of guanidine groups is 1. The fourth-order valence-corrected chi connectivity index (χ4v) is 1.65. The first-order valence-corrected chi connectivity index (χ1v) is 6.68. The molecule has 130 valence electrons. The SMILES string of the molecule is CN=C(NCCC(F)(F)F)NCc1ccc(C(=O)NC)cc1.I. The van der Waals surface area contributed by atoms with Crippen LogP contribution in [-0.4, -0.2) is 38.7 Å². The van der Waals surface area contributed by atoms with E-state index in [0.717, 1.165) is 5.56 Å². The molecule has 1 aromatic carbocycles. The zero-order chi connectivity index (χ0) is 16.6. The zero-order valence-corrected chi connectivity index (χ0v) is 15.2. The van der Waals surface area contributed by atoms with Gasteiger partial charge in [-0.2, -0.15) is 13.2 Å². The Morgan fingerprint density at radius 1 is 1.17 bits per heavy atom. The van der Waals surface area contributed by atoms with E-state index in [-0.39, 0.29) is 36.4 Å². The molecule has 0 unspecified atom stereocenters. The number of halogens is 4. The highest BCUT2D eigenvalue weighted by molar-refractivity contribution is 14.0. The molecule has 1 aromatic rings. The van der Waals surface area contributed by atoms with E-state index in [4.69, 9.17) is 0 Å². The van der Waals surface area contributed by atoms with Crippen LogP contribution >= 0.6 is 24.0 Å². The third kappa shape index (κ3) is 8.62. The summed E-state index contributed by atoms with van der Waals surface area (Å²) in [5, 5.41) is 8.02. The number of alkyl halides is 3. The predicted octanol–water partition coefficient (Wildman–Crippen LogP) is 2.28. The summed E-state index contributed by atoms with van der Waals surface area (Å²) in [5.41, 5.74) is 1.42. The summed E-state index contributed by atoms with van der Waals surface area (Å²) in [7, 11) is 3.03. The summed E-state index contributed by atoms with van der Waals surface area (Å²) < 4.78 is 36.2. The van der Waals surface area contributed by atoms with Gasteiger partial charge in [-0.15, -0.1) is 24.0 Å². The third-order valence-electron chi connectivity index (χ3n) is 2.83. The number of rotatable bonds is 5. The smallest absolute Gasteiger partial charge is 0.356 e. The van der Waals surface area contributed by atoms with Gasteiger partial charge in [0.2, 0.25) is 0 Å². The first kappa shape index (κ1) is 21.5. The van der Waals surface area contributed by atoms with Crippen molar-refractivity contribution >= 4 is 35.8 Å². The lowest BCUT2D eigenvalue weighted by molar-refractivity contribution is -0.132. The van der Waals surface area contributed by atoms with Crippen molar-refractivity contribution in [3.63, 3.8) is 0 Å². The molecule has 0 bridgehead atoms. The summed E-state index contributed by atoms with van der Waals surface area (Å²) in [5.74, 6) is 0.115. The third-order valence-corrected chi connectivity index (χ3v) is 2.83. The molecule has 3 N–H and O–H groups in total. The fraction of sp³-hybridized carbons (Fsp3) is 0.429. The second-order valence-corrected chi connectivity index (χ2v) is 4.49. The number of nitrogens with one attached hydrogen (secondary N) is 3. The van der Waals surface area contributed by atoms with Gasteiger partial charge in [0, 0.05) is 32.7 Å². The first-order chi connectivity index (χ1) is 10.4. The van der Waals surface area contributed by atoms with Crippen LogP contribution in [-0.2, 0) is 6.54 Å². The first-order valence-electron chi connectivity index (χ1n) is 6.68. The minimum absolute atomic E-state index is 0. The molecular weight excluding hydrogens is 424 g/mol. The highest BCUT2D eigenvalue weighted by atomic mass is 127. The van der Waals surface area contributed by atoms with Crippen molar-refractivity contribution in [1.29, 1.82) is 0 Å². The summed E-state index contributed by atoms with van der Waals surface area (Å²) in [4.78, 5) is 15.2. The highest BCUT2D eigenvalue weighted by Crippen LogP contribution is 2.18. The molecule has 0 aliphatic rings. The molecule has 0 aromatic heterocycles. The topological polar surface area (TPSA) is 65.5 Å². The number of benzene rings is 1. The van der Waals surface area contributed by atoms with E-state index >= 15 is 0 Å². The summed E-state index contributed by atoms with van der Waals surface area (Å²) >= 11 is 0. The second kappa shape index (κ2) is 10.3. The molecule has 0 atom stereocenters. The van der Waals surface area contributed by atoms with Crippen molar-refractivity contribution in [1.82, 2.24) is 16.0 Å². The molecule has 0 aliphatic carbocycles. The van der Waals surface area contributed by atoms with Gasteiger partial charge >= 0.3 is 6.18 Å². The Morgan fingerprint density at radius 3 is 2.26 bits per heavy atom. The molecule has 0 radical (unpaired) electrons. The maximum atomic E-state index is 12.1. The molecular formula is C14H20F3IN4O. The van der Waals surface area contributed by atoms with Crippen LogP contribution < -0.4 is 16.0 Å². The molecule has 1 amide bonds. The largest absolute Gasteiger partial charge is 0.390 e. The number of aliphatic imine (C=N–C) groups is 1.